The molecule has 1 fully saturated rings. The van der Waals surface area contributed by atoms with Gasteiger partial charge in [0, 0.05) is 71.6 Å². The van der Waals surface area contributed by atoms with Crippen molar-refractivity contribution >= 4 is 38.6 Å². The molecule has 28 heavy (non-hydrogen) atoms. The van der Waals surface area contributed by atoms with Crippen LogP contribution in [0.4, 0.5) is 5.82 Å². The number of piperidine rings is 1. The lowest BCUT2D eigenvalue weighted by atomic mass is 9.95. The second kappa shape index (κ2) is 7.20. The molecule has 0 unspecified atom stereocenters. The van der Waals surface area contributed by atoms with Crippen molar-refractivity contribution in [3.8, 4) is 0 Å². The van der Waals surface area contributed by atoms with E-state index in [0.29, 0.717) is 6.54 Å². The first-order valence-corrected chi connectivity index (χ1v) is 10.6. The van der Waals surface area contributed by atoms with Crippen LogP contribution in [0.1, 0.15) is 24.1 Å². The molecule has 2 aromatic heterocycles. The Kier molecular flexibility index (Phi) is 4.55. The summed E-state index contributed by atoms with van der Waals surface area (Å²) < 4.78 is 1.07. The minimum absolute atomic E-state index is 0.0225. The number of benzene rings is 1. The summed E-state index contributed by atoms with van der Waals surface area (Å²) in [5.74, 6) is 1.15. The molecule has 0 bridgehead atoms. The molecule has 2 aliphatic heterocycles. The van der Waals surface area contributed by atoms with Gasteiger partial charge in [0.2, 0.25) is 5.91 Å². The van der Waals surface area contributed by atoms with E-state index in [2.05, 4.69) is 54.0 Å². The smallest absolute Gasteiger partial charge is 0.227 e. The Balaban J connectivity index is 1.35. The fraction of sp³-hybridized carbons (Fsp3) is 0.381. The Morgan fingerprint density at radius 2 is 2.18 bits per heavy atom. The zero-order chi connectivity index (χ0) is 19.1. The first-order chi connectivity index (χ1) is 13.7. The number of nitrogens with one attached hydrogen (secondary N) is 1. The molecule has 1 atom stereocenters. The molecule has 1 amide bonds. The van der Waals surface area contributed by atoms with Crippen molar-refractivity contribution in [1.82, 2.24) is 19.9 Å². The second-order valence-corrected chi connectivity index (χ2v) is 8.55. The summed E-state index contributed by atoms with van der Waals surface area (Å²) >= 11 is 3.57. The van der Waals surface area contributed by atoms with Gasteiger partial charge in [-0.05, 0) is 31.0 Å². The molecular formula is C21H22BrN5O. The van der Waals surface area contributed by atoms with Gasteiger partial charge in [-0.1, -0.05) is 15.9 Å². The zero-order valence-corrected chi connectivity index (χ0v) is 17.2. The van der Waals surface area contributed by atoms with Crippen LogP contribution in [0.2, 0.25) is 0 Å². The van der Waals surface area contributed by atoms with Crippen LogP contribution >= 0.6 is 15.9 Å². The van der Waals surface area contributed by atoms with Crippen molar-refractivity contribution < 1.29 is 4.79 Å². The number of rotatable bonds is 2. The van der Waals surface area contributed by atoms with Gasteiger partial charge >= 0.3 is 0 Å². The number of halogens is 1. The average Bonchev–Trinajstić information content (AvgIpc) is 3.11. The van der Waals surface area contributed by atoms with Crippen LogP contribution in [0.3, 0.4) is 0 Å². The van der Waals surface area contributed by atoms with E-state index < -0.39 is 0 Å². The van der Waals surface area contributed by atoms with Crippen LogP contribution in [-0.4, -0.2) is 45.4 Å². The number of hydrogen-bond donors (Lipinski definition) is 1. The van der Waals surface area contributed by atoms with E-state index in [1.165, 1.54) is 16.6 Å². The minimum atomic E-state index is 0.0225. The van der Waals surface area contributed by atoms with Gasteiger partial charge in [0.05, 0.1) is 12.1 Å². The minimum Gasteiger partial charge on any atom is -0.358 e. The van der Waals surface area contributed by atoms with E-state index in [1.54, 1.807) is 18.6 Å². The number of carbonyl (C=O) groups is 1. The third-order valence-corrected chi connectivity index (χ3v) is 6.39. The van der Waals surface area contributed by atoms with Gasteiger partial charge < -0.3 is 14.8 Å². The van der Waals surface area contributed by atoms with E-state index >= 15 is 0 Å². The molecule has 0 aliphatic carbocycles. The number of amides is 1. The number of nitrogens with zero attached hydrogens (tertiary/aromatic N) is 4. The first kappa shape index (κ1) is 17.7. The molecule has 1 N–H and O–H groups in total. The van der Waals surface area contributed by atoms with Crippen molar-refractivity contribution in [2.75, 3.05) is 24.5 Å². The number of fused-ring (bicyclic) bond motifs is 3. The molecule has 0 spiro atoms. The summed E-state index contributed by atoms with van der Waals surface area (Å²) in [6.45, 7) is 3.12. The van der Waals surface area contributed by atoms with Crippen molar-refractivity contribution in [2.24, 2.45) is 5.92 Å². The van der Waals surface area contributed by atoms with Crippen LogP contribution in [-0.2, 0) is 17.8 Å². The predicted octanol–water partition coefficient (Wildman–Crippen LogP) is 3.52. The van der Waals surface area contributed by atoms with Gasteiger partial charge in [-0.3, -0.25) is 9.78 Å². The first-order valence-electron chi connectivity index (χ1n) is 9.78. The van der Waals surface area contributed by atoms with E-state index in [4.69, 9.17) is 0 Å². The third-order valence-electron chi connectivity index (χ3n) is 5.89. The van der Waals surface area contributed by atoms with Crippen LogP contribution in [0.25, 0.3) is 10.9 Å². The van der Waals surface area contributed by atoms with Crippen molar-refractivity contribution in [3.63, 3.8) is 0 Å². The van der Waals surface area contributed by atoms with Gasteiger partial charge in [0.1, 0.15) is 5.82 Å². The standard InChI is InChI=1S/C21H22BrN5O/c22-15-3-4-18-16(10-15)17-13-27(9-5-19(17)25-18)21(28)14-2-1-8-26(12-14)20-11-23-6-7-24-20/h3-4,6-7,10-11,14,25H,1-2,5,8-9,12-13H2/t14-/m1/s1. The molecular weight excluding hydrogens is 418 g/mol. The summed E-state index contributed by atoms with van der Waals surface area (Å²) in [4.78, 5) is 29.6. The highest BCUT2D eigenvalue weighted by Crippen LogP contribution is 2.31. The van der Waals surface area contributed by atoms with Gasteiger partial charge in [0.25, 0.3) is 0 Å². The largest absolute Gasteiger partial charge is 0.358 e. The number of H-pyrrole nitrogens is 1. The molecule has 0 saturated carbocycles. The Morgan fingerprint density at radius 1 is 1.25 bits per heavy atom. The van der Waals surface area contributed by atoms with Crippen molar-refractivity contribution in [2.45, 2.75) is 25.8 Å². The van der Waals surface area contributed by atoms with Crippen LogP contribution < -0.4 is 4.90 Å². The van der Waals surface area contributed by atoms with Crippen molar-refractivity contribution in [1.29, 1.82) is 0 Å². The maximum atomic E-state index is 13.3. The lowest BCUT2D eigenvalue weighted by Crippen LogP contribution is -2.46. The molecule has 4 heterocycles. The monoisotopic (exact) mass is 439 g/mol. The summed E-state index contributed by atoms with van der Waals surface area (Å²) in [5.41, 5.74) is 3.67. The zero-order valence-electron chi connectivity index (χ0n) is 15.6. The molecule has 7 heteroatoms. The fourth-order valence-corrected chi connectivity index (χ4v) is 4.84. The van der Waals surface area contributed by atoms with Gasteiger partial charge in [0.15, 0.2) is 0 Å². The highest BCUT2D eigenvalue weighted by molar-refractivity contribution is 9.10. The lowest BCUT2D eigenvalue weighted by molar-refractivity contribution is -0.136. The number of anilines is 1. The summed E-state index contributed by atoms with van der Waals surface area (Å²) in [5, 5.41) is 1.21. The quantitative estimate of drug-likeness (QED) is 0.663. The van der Waals surface area contributed by atoms with Crippen molar-refractivity contribution in [3.05, 3.63) is 52.5 Å². The molecule has 144 valence electrons. The Morgan fingerprint density at radius 3 is 3.04 bits per heavy atom. The molecule has 3 aromatic rings. The normalized spacial score (nSPS) is 19.7. The molecule has 6 nitrogen and oxygen atoms in total. The molecule has 5 rings (SSSR count). The molecule has 0 radical (unpaired) electrons. The highest BCUT2D eigenvalue weighted by atomic mass is 79.9. The van der Waals surface area contributed by atoms with Gasteiger partial charge in [-0.15, -0.1) is 0 Å². The average molecular weight is 440 g/mol. The Labute approximate surface area is 172 Å². The van der Waals surface area contributed by atoms with Crippen LogP contribution in [0.15, 0.2) is 41.3 Å². The second-order valence-electron chi connectivity index (χ2n) is 7.63. The Hall–Kier alpha value is -2.41. The maximum Gasteiger partial charge on any atom is 0.227 e. The predicted molar refractivity (Wildman–Crippen MR) is 112 cm³/mol. The maximum absolute atomic E-state index is 13.3. The number of aromatic nitrogens is 3. The lowest BCUT2D eigenvalue weighted by Gasteiger charge is -2.36. The molecule has 1 saturated heterocycles. The van der Waals surface area contributed by atoms with Crippen LogP contribution in [0, 0.1) is 5.92 Å². The number of carbonyl (C=O) groups excluding carboxylic acids is 1. The SMILES string of the molecule is O=C([C@@H]1CCCN(c2cnccn2)C1)N1CCc2[nH]c3ccc(Br)cc3c2C1. The van der Waals surface area contributed by atoms with Gasteiger partial charge in [-0.25, -0.2) is 4.98 Å². The van der Waals surface area contributed by atoms with E-state index in [-0.39, 0.29) is 11.8 Å². The third kappa shape index (κ3) is 3.17. The summed E-state index contributed by atoms with van der Waals surface area (Å²) in [6.07, 6.45) is 8.01. The van der Waals surface area contributed by atoms with E-state index in [9.17, 15) is 4.79 Å². The topological polar surface area (TPSA) is 65.1 Å². The van der Waals surface area contributed by atoms with E-state index in [0.717, 1.165) is 54.7 Å². The Bertz CT molecular complexity index is 1020. The van der Waals surface area contributed by atoms with Crippen LogP contribution in [0.5, 0.6) is 0 Å². The summed E-state index contributed by atoms with van der Waals surface area (Å²) in [6, 6.07) is 6.30. The fourth-order valence-electron chi connectivity index (χ4n) is 4.47. The molecule has 1 aromatic carbocycles. The number of aromatic amines is 1. The summed E-state index contributed by atoms with van der Waals surface area (Å²) in [7, 11) is 0. The highest BCUT2D eigenvalue weighted by Gasteiger charge is 2.32. The van der Waals surface area contributed by atoms with Gasteiger partial charge in [-0.2, -0.15) is 0 Å². The number of hydrogen-bond acceptors (Lipinski definition) is 4. The molecule has 2 aliphatic rings. The van der Waals surface area contributed by atoms with E-state index in [1.807, 2.05) is 4.90 Å².